The third kappa shape index (κ3) is 5.50. The highest BCUT2D eigenvalue weighted by atomic mass is 32.2. The van der Waals surface area contributed by atoms with Crippen LogP contribution in [0.3, 0.4) is 0 Å². The molecule has 2 aromatic heterocycles. The minimum atomic E-state index is -3.73. The van der Waals surface area contributed by atoms with Crippen molar-refractivity contribution < 1.29 is 13.2 Å². The molecule has 0 saturated carbocycles. The molecule has 7 nitrogen and oxygen atoms in total. The Labute approximate surface area is 180 Å². The highest BCUT2D eigenvalue weighted by Gasteiger charge is 2.23. The van der Waals surface area contributed by atoms with Gasteiger partial charge in [-0.15, -0.1) is 11.3 Å². The maximum Gasteiger partial charge on any atom is 0.251 e. The van der Waals surface area contributed by atoms with Crippen molar-refractivity contribution >= 4 is 27.3 Å². The highest BCUT2D eigenvalue weighted by molar-refractivity contribution is 7.89. The summed E-state index contributed by atoms with van der Waals surface area (Å²) < 4.78 is 27.8. The van der Waals surface area contributed by atoms with Crippen LogP contribution in [0.4, 0.5) is 0 Å². The molecular formula is C21H24N4O3S2. The number of carbonyl (C=O) groups excluding carboxylic acids is 1. The molecule has 2 N–H and O–H groups in total. The van der Waals surface area contributed by atoms with E-state index in [0.29, 0.717) is 11.1 Å². The second-order valence-corrected chi connectivity index (χ2v) is 10.5. The van der Waals surface area contributed by atoms with Gasteiger partial charge in [0.1, 0.15) is 5.01 Å². The van der Waals surface area contributed by atoms with Crippen LogP contribution in [0.15, 0.2) is 53.0 Å². The van der Waals surface area contributed by atoms with E-state index in [9.17, 15) is 13.2 Å². The van der Waals surface area contributed by atoms with Crippen LogP contribution < -0.4 is 10.0 Å². The first kappa shape index (κ1) is 22.1. The Balaban J connectivity index is 1.74. The molecule has 3 aromatic rings. The summed E-state index contributed by atoms with van der Waals surface area (Å²) in [7, 11) is -3.73. The van der Waals surface area contributed by atoms with Crippen molar-refractivity contribution in [3.63, 3.8) is 0 Å². The monoisotopic (exact) mass is 444 g/mol. The Morgan fingerprint density at radius 1 is 1.13 bits per heavy atom. The van der Waals surface area contributed by atoms with Gasteiger partial charge >= 0.3 is 0 Å². The lowest BCUT2D eigenvalue weighted by Crippen LogP contribution is -2.40. The summed E-state index contributed by atoms with van der Waals surface area (Å²) in [6.45, 7) is 7.32. The molecule has 0 radical (unpaired) electrons. The van der Waals surface area contributed by atoms with E-state index in [-0.39, 0.29) is 17.3 Å². The molecule has 30 heavy (non-hydrogen) atoms. The van der Waals surface area contributed by atoms with E-state index in [4.69, 9.17) is 0 Å². The van der Waals surface area contributed by atoms with Crippen LogP contribution in [0, 0.1) is 6.92 Å². The van der Waals surface area contributed by atoms with Crippen molar-refractivity contribution in [2.75, 3.05) is 0 Å². The van der Waals surface area contributed by atoms with Gasteiger partial charge in [0.2, 0.25) is 10.0 Å². The number of nitrogens with one attached hydrogen (secondary N) is 2. The number of nitrogens with zero attached hydrogens (tertiary/aromatic N) is 2. The molecule has 9 heteroatoms. The molecule has 3 rings (SSSR count). The van der Waals surface area contributed by atoms with Crippen molar-refractivity contribution in [1.29, 1.82) is 0 Å². The fourth-order valence-electron chi connectivity index (χ4n) is 2.77. The summed E-state index contributed by atoms with van der Waals surface area (Å²) in [5, 5.41) is 5.51. The van der Waals surface area contributed by atoms with E-state index < -0.39 is 15.6 Å². The number of thiazole rings is 1. The zero-order valence-electron chi connectivity index (χ0n) is 17.3. The molecule has 0 unspecified atom stereocenters. The van der Waals surface area contributed by atoms with Crippen LogP contribution >= 0.6 is 11.3 Å². The van der Waals surface area contributed by atoms with Crippen molar-refractivity contribution in [3.05, 3.63) is 64.2 Å². The summed E-state index contributed by atoms with van der Waals surface area (Å²) in [5.41, 5.74) is 2.17. The molecular weight excluding hydrogens is 420 g/mol. The fourth-order valence-corrected chi connectivity index (χ4v) is 4.96. The van der Waals surface area contributed by atoms with E-state index in [2.05, 4.69) is 20.0 Å². The minimum Gasteiger partial charge on any atom is -0.346 e. The molecule has 0 bridgehead atoms. The van der Waals surface area contributed by atoms with Gasteiger partial charge in [0.25, 0.3) is 5.91 Å². The standard InChI is InChI=1S/C21H24N4O3S2/c1-14-5-6-16(30(27,28)25-21(2,3)4)11-17(14)20(26)23-12-19-24-18(13-29-19)15-7-9-22-10-8-15/h5-11,13,25H,12H2,1-4H3,(H,23,26). The minimum absolute atomic E-state index is 0.0578. The topological polar surface area (TPSA) is 101 Å². The normalized spacial score (nSPS) is 12.0. The third-order valence-corrected chi connectivity index (χ3v) is 6.74. The number of aromatic nitrogens is 2. The van der Waals surface area contributed by atoms with Gasteiger partial charge in [-0.1, -0.05) is 6.07 Å². The molecule has 0 aliphatic carbocycles. The summed E-state index contributed by atoms with van der Waals surface area (Å²) >= 11 is 1.45. The molecule has 0 fully saturated rings. The first-order chi connectivity index (χ1) is 14.0. The molecule has 0 atom stereocenters. The first-order valence-electron chi connectivity index (χ1n) is 9.33. The van der Waals surface area contributed by atoms with Gasteiger partial charge in [-0.2, -0.15) is 0 Å². The summed E-state index contributed by atoms with van der Waals surface area (Å²) in [4.78, 5) is 21.3. The predicted octanol–water partition coefficient (Wildman–Crippen LogP) is 3.52. The number of carbonyl (C=O) groups is 1. The van der Waals surface area contributed by atoms with E-state index in [1.54, 1.807) is 46.2 Å². The number of hydrogen-bond acceptors (Lipinski definition) is 6. The molecule has 0 aliphatic rings. The van der Waals surface area contributed by atoms with Crippen molar-refractivity contribution in [3.8, 4) is 11.3 Å². The van der Waals surface area contributed by atoms with Gasteiger partial charge in [-0.25, -0.2) is 18.1 Å². The van der Waals surface area contributed by atoms with E-state index in [1.165, 1.54) is 23.5 Å². The van der Waals surface area contributed by atoms with E-state index >= 15 is 0 Å². The van der Waals surface area contributed by atoms with Crippen LogP contribution in [0.25, 0.3) is 11.3 Å². The Kier molecular flexibility index (Phi) is 6.35. The second-order valence-electron chi connectivity index (χ2n) is 7.88. The van der Waals surface area contributed by atoms with Crippen molar-refractivity contribution in [2.45, 2.75) is 44.7 Å². The quantitative estimate of drug-likeness (QED) is 0.606. The van der Waals surface area contributed by atoms with Crippen LogP contribution in [0.1, 0.15) is 41.7 Å². The smallest absolute Gasteiger partial charge is 0.251 e. The zero-order chi connectivity index (χ0) is 21.9. The Morgan fingerprint density at radius 3 is 2.50 bits per heavy atom. The third-order valence-electron chi connectivity index (χ3n) is 4.13. The van der Waals surface area contributed by atoms with Crippen molar-refractivity contribution in [2.24, 2.45) is 0 Å². The average Bonchev–Trinajstić information content (AvgIpc) is 3.14. The van der Waals surface area contributed by atoms with Crippen LogP contribution in [-0.2, 0) is 16.6 Å². The fraction of sp³-hybridized carbons (Fsp3) is 0.286. The van der Waals surface area contributed by atoms with E-state index in [0.717, 1.165) is 16.3 Å². The summed E-state index contributed by atoms with van der Waals surface area (Å²) in [5.74, 6) is -0.346. The predicted molar refractivity (Wildman–Crippen MR) is 118 cm³/mol. The lowest BCUT2D eigenvalue weighted by atomic mass is 10.1. The SMILES string of the molecule is Cc1ccc(S(=O)(=O)NC(C)(C)C)cc1C(=O)NCc1nc(-c2ccncc2)cs1. The molecule has 1 amide bonds. The van der Waals surface area contributed by atoms with Gasteiger partial charge in [-0.3, -0.25) is 9.78 Å². The Hall–Kier alpha value is -2.62. The number of sulfonamides is 1. The van der Waals surface area contributed by atoms with Gasteiger partial charge in [0.05, 0.1) is 17.1 Å². The Morgan fingerprint density at radius 2 is 1.83 bits per heavy atom. The van der Waals surface area contributed by atoms with Crippen LogP contribution in [-0.4, -0.2) is 29.8 Å². The summed E-state index contributed by atoms with van der Waals surface area (Å²) in [6.07, 6.45) is 3.41. The average molecular weight is 445 g/mol. The zero-order valence-corrected chi connectivity index (χ0v) is 18.9. The number of rotatable bonds is 6. The van der Waals surface area contributed by atoms with Crippen LogP contribution in [0.5, 0.6) is 0 Å². The molecule has 158 valence electrons. The number of hydrogen-bond donors (Lipinski definition) is 2. The van der Waals surface area contributed by atoms with Gasteiger partial charge < -0.3 is 5.32 Å². The maximum absolute atomic E-state index is 12.7. The molecule has 1 aromatic carbocycles. The second kappa shape index (κ2) is 8.63. The number of aryl methyl sites for hydroxylation is 1. The molecule has 2 heterocycles. The van der Waals surface area contributed by atoms with Crippen LogP contribution in [0.2, 0.25) is 0 Å². The Bertz CT molecular complexity index is 1150. The maximum atomic E-state index is 12.7. The summed E-state index contributed by atoms with van der Waals surface area (Å²) in [6, 6.07) is 8.29. The largest absolute Gasteiger partial charge is 0.346 e. The van der Waals surface area contributed by atoms with Gasteiger partial charge in [-0.05, 0) is 57.5 Å². The first-order valence-corrected chi connectivity index (χ1v) is 11.7. The number of benzene rings is 1. The van der Waals surface area contributed by atoms with Crippen molar-refractivity contribution in [1.82, 2.24) is 20.0 Å². The molecule has 0 spiro atoms. The molecule has 0 saturated heterocycles. The lowest BCUT2D eigenvalue weighted by Gasteiger charge is -2.20. The van der Waals surface area contributed by atoms with Gasteiger partial charge in [0.15, 0.2) is 0 Å². The van der Waals surface area contributed by atoms with E-state index in [1.807, 2.05) is 17.5 Å². The highest BCUT2D eigenvalue weighted by Crippen LogP contribution is 2.21. The number of amides is 1. The molecule has 0 aliphatic heterocycles. The lowest BCUT2D eigenvalue weighted by molar-refractivity contribution is 0.0950. The number of pyridine rings is 1. The van der Waals surface area contributed by atoms with Gasteiger partial charge in [0, 0.05) is 34.4 Å².